The van der Waals surface area contributed by atoms with E-state index in [4.69, 9.17) is 5.11 Å². The summed E-state index contributed by atoms with van der Waals surface area (Å²) in [4.78, 5) is 16.9. The Balaban J connectivity index is 2.56. The van der Waals surface area contributed by atoms with Crippen molar-refractivity contribution >= 4 is 23.0 Å². The van der Waals surface area contributed by atoms with Gasteiger partial charge in [-0.15, -0.1) is 11.3 Å². The molecule has 4 nitrogen and oxygen atoms in total. The number of carbonyl (C=O) groups is 1. The van der Waals surface area contributed by atoms with Gasteiger partial charge >= 0.3 is 5.97 Å². The van der Waals surface area contributed by atoms with Crippen LogP contribution in [-0.4, -0.2) is 23.4 Å². The Kier molecular flexibility index (Phi) is 3.64. The van der Waals surface area contributed by atoms with Crippen LogP contribution in [0.1, 0.15) is 16.7 Å². The van der Waals surface area contributed by atoms with Crippen molar-refractivity contribution in [2.24, 2.45) is 5.16 Å². The van der Waals surface area contributed by atoms with Gasteiger partial charge in [0.15, 0.2) is 0 Å². The molecule has 0 radical (unpaired) electrons. The molecule has 5 heteroatoms. The highest BCUT2D eigenvalue weighted by Gasteiger charge is 2.01. The van der Waals surface area contributed by atoms with Crippen LogP contribution in [0, 0.1) is 6.92 Å². The lowest BCUT2D eigenvalue weighted by Gasteiger charge is -1.96. The number of nitrogens with zero attached hydrogens (tertiary/aromatic N) is 1. The van der Waals surface area contributed by atoms with Gasteiger partial charge in [0.1, 0.15) is 0 Å². The maximum Gasteiger partial charge on any atom is 0.344 e. The zero-order valence-corrected chi connectivity index (χ0v) is 8.80. The van der Waals surface area contributed by atoms with Gasteiger partial charge in [-0.2, -0.15) is 0 Å². The molecule has 0 bridgehead atoms. The molecule has 0 spiro atoms. The fraction of sp³-hybridized carbons (Fsp3) is 0.333. The van der Waals surface area contributed by atoms with Gasteiger partial charge in [-0.3, -0.25) is 0 Å². The van der Waals surface area contributed by atoms with E-state index in [1.54, 1.807) is 18.3 Å². The maximum atomic E-state index is 10.1. The lowest BCUT2D eigenvalue weighted by atomic mass is 10.3. The predicted molar refractivity (Wildman–Crippen MR) is 54.9 cm³/mol. The SMILES string of the molecule is CC(=NOCC(=O)O)c1ccc(C)s1. The Morgan fingerprint density at radius 1 is 1.64 bits per heavy atom. The van der Waals surface area contributed by atoms with Crippen LogP contribution in [0.15, 0.2) is 17.3 Å². The molecule has 0 saturated heterocycles. The molecular weight excluding hydrogens is 202 g/mol. The fourth-order valence-electron chi connectivity index (χ4n) is 0.858. The summed E-state index contributed by atoms with van der Waals surface area (Å²) >= 11 is 1.60. The molecule has 0 amide bonds. The second-order valence-electron chi connectivity index (χ2n) is 2.75. The molecule has 0 aliphatic heterocycles. The number of aryl methyl sites for hydroxylation is 1. The van der Waals surface area contributed by atoms with E-state index in [-0.39, 0.29) is 0 Å². The van der Waals surface area contributed by atoms with Crippen LogP contribution in [-0.2, 0) is 9.63 Å². The third kappa shape index (κ3) is 3.18. The molecule has 1 aromatic rings. The summed E-state index contributed by atoms with van der Waals surface area (Å²) in [6.07, 6.45) is 0. The zero-order valence-electron chi connectivity index (χ0n) is 7.98. The zero-order chi connectivity index (χ0) is 10.6. The Hall–Kier alpha value is -1.36. The number of hydrogen-bond acceptors (Lipinski definition) is 4. The smallest absolute Gasteiger partial charge is 0.344 e. The highest BCUT2D eigenvalue weighted by molar-refractivity contribution is 7.14. The lowest BCUT2D eigenvalue weighted by Crippen LogP contribution is -2.04. The summed E-state index contributed by atoms with van der Waals surface area (Å²) in [6, 6.07) is 3.92. The number of rotatable bonds is 4. The standard InChI is InChI=1S/C9H11NO3S/c1-6-3-4-8(14-6)7(2)10-13-5-9(11)12/h3-4H,5H2,1-2H3,(H,11,12). The minimum absolute atomic E-state index is 0.401. The Bertz CT molecular complexity index is 357. The Morgan fingerprint density at radius 3 is 2.86 bits per heavy atom. The summed E-state index contributed by atoms with van der Waals surface area (Å²) in [7, 11) is 0. The van der Waals surface area contributed by atoms with Gasteiger partial charge in [0, 0.05) is 4.88 Å². The molecule has 14 heavy (non-hydrogen) atoms. The normalized spacial score (nSPS) is 11.4. The van der Waals surface area contributed by atoms with Gasteiger partial charge in [-0.05, 0) is 26.0 Å². The molecule has 76 valence electrons. The number of hydrogen-bond donors (Lipinski definition) is 1. The molecule has 1 rings (SSSR count). The first kappa shape index (κ1) is 10.7. The van der Waals surface area contributed by atoms with Gasteiger partial charge in [-0.1, -0.05) is 5.16 Å². The summed E-state index contributed by atoms with van der Waals surface area (Å²) in [5.41, 5.74) is 0.698. The largest absolute Gasteiger partial charge is 0.479 e. The van der Waals surface area contributed by atoms with Gasteiger partial charge in [-0.25, -0.2) is 4.79 Å². The Labute approximate surface area is 85.8 Å². The highest BCUT2D eigenvalue weighted by Crippen LogP contribution is 2.15. The molecule has 0 atom stereocenters. The van der Waals surface area contributed by atoms with Crippen LogP contribution in [0.2, 0.25) is 0 Å². The quantitative estimate of drug-likeness (QED) is 0.613. The van der Waals surface area contributed by atoms with Crippen molar-refractivity contribution in [3.63, 3.8) is 0 Å². The first-order valence-corrected chi connectivity index (χ1v) is 4.86. The van der Waals surface area contributed by atoms with Crippen molar-refractivity contribution in [3.05, 3.63) is 21.9 Å². The molecule has 0 unspecified atom stereocenters. The summed E-state index contributed by atoms with van der Waals surface area (Å²) in [5, 5.41) is 12.0. The van der Waals surface area contributed by atoms with Crippen LogP contribution in [0.5, 0.6) is 0 Å². The van der Waals surface area contributed by atoms with Crippen molar-refractivity contribution in [2.75, 3.05) is 6.61 Å². The number of thiophene rings is 1. The molecule has 0 saturated carbocycles. The minimum Gasteiger partial charge on any atom is -0.479 e. The van der Waals surface area contributed by atoms with Gasteiger partial charge in [0.25, 0.3) is 0 Å². The molecule has 0 aliphatic carbocycles. The molecule has 0 aliphatic rings. The first-order chi connectivity index (χ1) is 6.59. The van der Waals surface area contributed by atoms with Crippen molar-refractivity contribution in [1.29, 1.82) is 0 Å². The maximum absolute atomic E-state index is 10.1. The number of carboxylic acid groups (broad SMARTS) is 1. The summed E-state index contributed by atoms with van der Waals surface area (Å²) < 4.78 is 0. The van der Waals surface area contributed by atoms with Crippen LogP contribution in [0.25, 0.3) is 0 Å². The molecule has 0 aromatic carbocycles. The van der Waals surface area contributed by atoms with Crippen LogP contribution < -0.4 is 0 Å². The fourth-order valence-corrected chi connectivity index (χ4v) is 1.66. The predicted octanol–water partition coefficient (Wildman–Crippen LogP) is 1.88. The van der Waals surface area contributed by atoms with E-state index in [1.165, 1.54) is 4.88 Å². The monoisotopic (exact) mass is 213 g/mol. The van der Waals surface area contributed by atoms with Crippen LogP contribution in [0.3, 0.4) is 0 Å². The second kappa shape index (κ2) is 4.76. The van der Waals surface area contributed by atoms with E-state index in [0.29, 0.717) is 5.71 Å². The van der Waals surface area contributed by atoms with E-state index >= 15 is 0 Å². The van der Waals surface area contributed by atoms with E-state index in [1.807, 2.05) is 19.1 Å². The van der Waals surface area contributed by atoms with Crippen LogP contribution >= 0.6 is 11.3 Å². The average Bonchev–Trinajstić information content (AvgIpc) is 2.51. The number of carboxylic acids is 1. The van der Waals surface area contributed by atoms with Gasteiger partial charge in [0.2, 0.25) is 6.61 Å². The van der Waals surface area contributed by atoms with E-state index in [2.05, 4.69) is 9.99 Å². The number of aliphatic carboxylic acids is 1. The van der Waals surface area contributed by atoms with Crippen molar-refractivity contribution in [2.45, 2.75) is 13.8 Å². The lowest BCUT2D eigenvalue weighted by molar-refractivity contribution is -0.142. The van der Waals surface area contributed by atoms with E-state index in [0.717, 1.165) is 4.88 Å². The average molecular weight is 213 g/mol. The second-order valence-corrected chi connectivity index (χ2v) is 4.04. The van der Waals surface area contributed by atoms with Crippen molar-refractivity contribution < 1.29 is 14.7 Å². The molecule has 1 N–H and O–H groups in total. The van der Waals surface area contributed by atoms with E-state index in [9.17, 15) is 4.79 Å². The minimum atomic E-state index is -1.02. The molecule has 1 heterocycles. The number of oxime groups is 1. The molecule has 0 fully saturated rings. The third-order valence-corrected chi connectivity index (χ3v) is 2.60. The Morgan fingerprint density at radius 2 is 2.36 bits per heavy atom. The van der Waals surface area contributed by atoms with Crippen molar-refractivity contribution in [1.82, 2.24) is 0 Å². The summed E-state index contributed by atoms with van der Waals surface area (Å²) in [6.45, 7) is 3.38. The highest BCUT2D eigenvalue weighted by atomic mass is 32.1. The third-order valence-electron chi connectivity index (χ3n) is 1.49. The molecule has 1 aromatic heterocycles. The van der Waals surface area contributed by atoms with Crippen molar-refractivity contribution in [3.8, 4) is 0 Å². The van der Waals surface area contributed by atoms with E-state index < -0.39 is 12.6 Å². The molecular formula is C9H11NO3S. The van der Waals surface area contributed by atoms with Crippen LogP contribution in [0.4, 0.5) is 0 Å². The topological polar surface area (TPSA) is 58.9 Å². The van der Waals surface area contributed by atoms with Gasteiger partial charge < -0.3 is 9.94 Å². The summed E-state index contributed by atoms with van der Waals surface area (Å²) in [5.74, 6) is -1.02. The van der Waals surface area contributed by atoms with Gasteiger partial charge in [0.05, 0.1) is 10.6 Å². The first-order valence-electron chi connectivity index (χ1n) is 4.05.